The molecule has 0 spiro atoms. The van der Waals surface area contributed by atoms with E-state index in [4.69, 9.17) is 14.2 Å². The van der Waals surface area contributed by atoms with Crippen molar-refractivity contribution < 1.29 is 28.6 Å². The van der Waals surface area contributed by atoms with Crippen LogP contribution in [0.4, 0.5) is 0 Å². The van der Waals surface area contributed by atoms with Crippen LogP contribution in [-0.4, -0.2) is 37.2 Å². The molecule has 0 amide bonds. The molecule has 0 bridgehead atoms. The van der Waals surface area contributed by atoms with Crippen molar-refractivity contribution in [3.8, 4) is 0 Å². The van der Waals surface area contributed by atoms with E-state index in [-0.39, 0.29) is 31.1 Å². The highest BCUT2D eigenvalue weighted by atomic mass is 16.6. The molecule has 0 fully saturated rings. The third-order valence-electron chi connectivity index (χ3n) is 14.7. The summed E-state index contributed by atoms with van der Waals surface area (Å²) in [7, 11) is 0. The Morgan fingerprint density at radius 2 is 0.506 bits per heavy atom. The van der Waals surface area contributed by atoms with Crippen LogP contribution in [0.15, 0.2) is 72.9 Å². The molecule has 0 aromatic heterocycles. The Morgan fingerprint density at radius 1 is 0.273 bits per heavy atom. The normalized spacial score (nSPS) is 12.5. The third-order valence-corrected chi connectivity index (χ3v) is 14.7. The van der Waals surface area contributed by atoms with E-state index in [1.807, 2.05) is 0 Å². The monoisotopic (exact) mass is 1070 g/mol. The SMILES string of the molecule is CC/C=C\C/C=C\C/C=C\C/C=C\CCCCCCC(=O)OCC(COC(=O)CCCCCCCCCCCCC/C=C\CCCCCCCCCC)OC(=O)CCCCCCCCCCC/C=C\CCCCCCCC. The molecule has 0 aliphatic rings. The van der Waals surface area contributed by atoms with E-state index < -0.39 is 6.10 Å². The summed E-state index contributed by atoms with van der Waals surface area (Å²) in [6, 6.07) is 0. The lowest BCUT2D eigenvalue weighted by molar-refractivity contribution is -0.167. The summed E-state index contributed by atoms with van der Waals surface area (Å²) in [4.78, 5) is 38.4. The van der Waals surface area contributed by atoms with Crippen molar-refractivity contribution in [1.82, 2.24) is 0 Å². The van der Waals surface area contributed by atoms with Gasteiger partial charge in [-0.05, 0) is 109 Å². The fourth-order valence-corrected chi connectivity index (χ4v) is 9.66. The minimum absolute atomic E-state index is 0.0826. The second kappa shape index (κ2) is 65.4. The second-order valence-corrected chi connectivity index (χ2v) is 22.3. The fourth-order valence-electron chi connectivity index (χ4n) is 9.66. The molecule has 77 heavy (non-hydrogen) atoms. The van der Waals surface area contributed by atoms with E-state index in [0.717, 1.165) is 96.3 Å². The summed E-state index contributed by atoms with van der Waals surface area (Å²) in [5.41, 5.74) is 0. The van der Waals surface area contributed by atoms with Crippen molar-refractivity contribution in [3.05, 3.63) is 72.9 Å². The van der Waals surface area contributed by atoms with Gasteiger partial charge in [0.25, 0.3) is 0 Å². The lowest BCUT2D eigenvalue weighted by atomic mass is 10.0. The fraction of sp³-hybridized carbons (Fsp3) is 0.789. The second-order valence-electron chi connectivity index (χ2n) is 22.3. The number of unbranched alkanes of at least 4 members (excludes halogenated alkanes) is 38. The Morgan fingerprint density at radius 3 is 0.805 bits per heavy atom. The summed E-state index contributed by atoms with van der Waals surface area (Å²) in [6.07, 6.45) is 84.8. The molecule has 0 rings (SSSR count). The van der Waals surface area contributed by atoms with Crippen LogP contribution in [0.3, 0.4) is 0 Å². The van der Waals surface area contributed by atoms with Crippen LogP contribution >= 0.6 is 0 Å². The van der Waals surface area contributed by atoms with E-state index in [0.29, 0.717) is 19.3 Å². The Kier molecular flexibility index (Phi) is 62.7. The molecule has 0 N–H and O–H groups in total. The van der Waals surface area contributed by atoms with Crippen LogP contribution in [0.25, 0.3) is 0 Å². The van der Waals surface area contributed by atoms with Gasteiger partial charge >= 0.3 is 17.9 Å². The zero-order valence-corrected chi connectivity index (χ0v) is 51.2. The van der Waals surface area contributed by atoms with Gasteiger partial charge in [-0.3, -0.25) is 14.4 Å². The molecule has 0 saturated carbocycles. The standard InChI is InChI=1S/C71H126O6/c1-4-7-10-13-16-19-22-25-28-31-33-34-35-36-38-40-43-46-49-52-55-58-61-64-70(73)76-67-68(66-75-69(72)63-60-57-54-51-48-45-42-39-30-27-24-21-18-15-12-9-6-3)77-71(74)65-62-59-56-53-50-47-44-41-37-32-29-26-23-20-17-14-11-8-5-2/h9,12,18,21,26-27,29-31,33,42,45,68H,4-8,10-11,13-17,19-20,22-25,28,32,34-41,43-44,46-67H2,1-3H3/b12-9-,21-18-,29-26-,30-27-,33-31-,45-42-. The maximum atomic E-state index is 12.9. The maximum Gasteiger partial charge on any atom is 0.306 e. The predicted molar refractivity (Wildman–Crippen MR) is 335 cm³/mol. The van der Waals surface area contributed by atoms with Crippen molar-refractivity contribution >= 4 is 17.9 Å². The topological polar surface area (TPSA) is 78.9 Å². The molecule has 0 saturated heterocycles. The van der Waals surface area contributed by atoms with Crippen LogP contribution in [0.1, 0.15) is 342 Å². The first kappa shape index (κ1) is 73.8. The summed E-state index contributed by atoms with van der Waals surface area (Å²) >= 11 is 0. The summed E-state index contributed by atoms with van der Waals surface area (Å²) in [5, 5.41) is 0. The number of allylic oxidation sites excluding steroid dienone is 12. The number of carbonyl (C=O) groups is 3. The van der Waals surface area contributed by atoms with Crippen molar-refractivity contribution in [1.29, 1.82) is 0 Å². The van der Waals surface area contributed by atoms with Gasteiger partial charge in [0, 0.05) is 19.3 Å². The molecule has 6 nitrogen and oxygen atoms in total. The molecule has 1 atom stereocenters. The molecule has 0 radical (unpaired) electrons. The number of hydrogen-bond donors (Lipinski definition) is 0. The zero-order valence-electron chi connectivity index (χ0n) is 51.2. The molecular formula is C71H126O6. The van der Waals surface area contributed by atoms with Gasteiger partial charge < -0.3 is 14.2 Å². The van der Waals surface area contributed by atoms with Gasteiger partial charge in [-0.15, -0.1) is 0 Å². The average molecular weight is 1080 g/mol. The van der Waals surface area contributed by atoms with Gasteiger partial charge in [0.1, 0.15) is 13.2 Å². The zero-order chi connectivity index (χ0) is 55.7. The van der Waals surface area contributed by atoms with Gasteiger partial charge in [-0.25, -0.2) is 0 Å². The highest BCUT2D eigenvalue weighted by Crippen LogP contribution is 2.17. The number of ether oxygens (including phenoxy) is 3. The van der Waals surface area contributed by atoms with Crippen LogP contribution in [-0.2, 0) is 28.6 Å². The number of rotatable bonds is 61. The van der Waals surface area contributed by atoms with Crippen LogP contribution in [0, 0.1) is 0 Å². The first-order valence-electron chi connectivity index (χ1n) is 33.4. The Labute approximate surface area is 478 Å². The van der Waals surface area contributed by atoms with Gasteiger partial charge in [-0.1, -0.05) is 286 Å². The molecule has 6 heteroatoms. The Bertz CT molecular complexity index is 1420. The van der Waals surface area contributed by atoms with Gasteiger partial charge in [-0.2, -0.15) is 0 Å². The van der Waals surface area contributed by atoms with Crippen LogP contribution < -0.4 is 0 Å². The van der Waals surface area contributed by atoms with Gasteiger partial charge in [0.2, 0.25) is 0 Å². The van der Waals surface area contributed by atoms with Gasteiger partial charge in [0.15, 0.2) is 6.10 Å². The highest BCUT2D eigenvalue weighted by Gasteiger charge is 2.19. The lowest BCUT2D eigenvalue weighted by Crippen LogP contribution is -2.30. The molecule has 0 aliphatic carbocycles. The quantitative estimate of drug-likeness (QED) is 0.0261. The molecule has 1 unspecified atom stereocenters. The van der Waals surface area contributed by atoms with Crippen molar-refractivity contribution in [3.63, 3.8) is 0 Å². The van der Waals surface area contributed by atoms with Crippen LogP contribution in [0.2, 0.25) is 0 Å². The molecule has 446 valence electrons. The first-order valence-corrected chi connectivity index (χ1v) is 33.4. The molecule has 0 heterocycles. The average Bonchev–Trinajstić information content (AvgIpc) is 3.43. The van der Waals surface area contributed by atoms with Gasteiger partial charge in [0.05, 0.1) is 0 Å². The molecule has 0 aliphatic heterocycles. The van der Waals surface area contributed by atoms with E-state index in [9.17, 15) is 14.4 Å². The largest absolute Gasteiger partial charge is 0.462 e. The maximum absolute atomic E-state index is 12.9. The summed E-state index contributed by atoms with van der Waals surface area (Å²) in [5.74, 6) is -0.893. The van der Waals surface area contributed by atoms with E-state index in [1.54, 1.807) is 0 Å². The summed E-state index contributed by atoms with van der Waals surface area (Å²) in [6.45, 7) is 6.55. The minimum Gasteiger partial charge on any atom is -0.462 e. The first-order chi connectivity index (χ1) is 38.0. The number of hydrogen-bond acceptors (Lipinski definition) is 6. The molecule has 0 aromatic rings. The molecule has 0 aromatic carbocycles. The van der Waals surface area contributed by atoms with Crippen molar-refractivity contribution in [2.75, 3.05) is 13.2 Å². The number of carbonyl (C=O) groups excluding carboxylic acids is 3. The Balaban J connectivity index is 4.36. The summed E-state index contributed by atoms with van der Waals surface area (Å²) < 4.78 is 17.0. The third kappa shape index (κ3) is 63.6. The van der Waals surface area contributed by atoms with E-state index in [2.05, 4.69) is 93.7 Å². The predicted octanol–water partition coefficient (Wildman–Crippen LogP) is 22.9. The Hall–Kier alpha value is -3.15. The van der Waals surface area contributed by atoms with Crippen molar-refractivity contribution in [2.45, 2.75) is 348 Å². The smallest absolute Gasteiger partial charge is 0.306 e. The van der Waals surface area contributed by atoms with E-state index in [1.165, 1.54) is 205 Å². The minimum atomic E-state index is -0.788. The van der Waals surface area contributed by atoms with Crippen LogP contribution in [0.5, 0.6) is 0 Å². The molecular weight excluding hydrogens is 949 g/mol. The number of esters is 3. The highest BCUT2D eigenvalue weighted by molar-refractivity contribution is 5.71. The lowest BCUT2D eigenvalue weighted by Gasteiger charge is -2.18. The van der Waals surface area contributed by atoms with Crippen molar-refractivity contribution in [2.24, 2.45) is 0 Å². The van der Waals surface area contributed by atoms with E-state index >= 15 is 0 Å².